The number of anilines is 1. The van der Waals surface area contributed by atoms with Gasteiger partial charge in [-0.15, -0.1) is 0 Å². The van der Waals surface area contributed by atoms with Gasteiger partial charge in [-0.05, 0) is 24.3 Å². The predicted octanol–water partition coefficient (Wildman–Crippen LogP) is 5.49. The SMILES string of the molecule is Fc1cc(Cl)c(NCc2cc3ccccc3o2)c(Cl)c1. The molecule has 0 aliphatic carbocycles. The topological polar surface area (TPSA) is 25.2 Å². The first kappa shape index (κ1) is 13.3. The summed E-state index contributed by atoms with van der Waals surface area (Å²) < 4.78 is 18.8. The summed E-state index contributed by atoms with van der Waals surface area (Å²) in [7, 11) is 0. The van der Waals surface area contributed by atoms with Gasteiger partial charge in [0.15, 0.2) is 0 Å². The molecule has 0 fully saturated rings. The van der Waals surface area contributed by atoms with E-state index >= 15 is 0 Å². The number of benzene rings is 2. The monoisotopic (exact) mass is 309 g/mol. The zero-order chi connectivity index (χ0) is 14.1. The molecule has 1 N–H and O–H groups in total. The Balaban J connectivity index is 1.83. The second kappa shape index (κ2) is 5.35. The highest BCUT2D eigenvalue weighted by atomic mass is 35.5. The first-order valence-corrected chi connectivity index (χ1v) is 6.75. The van der Waals surface area contributed by atoms with Crippen LogP contribution in [0.1, 0.15) is 5.76 Å². The van der Waals surface area contributed by atoms with Crippen molar-refractivity contribution in [3.63, 3.8) is 0 Å². The molecular weight excluding hydrogens is 300 g/mol. The van der Waals surface area contributed by atoms with Crippen molar-refractivity contribution in [1.82, 2.24) is 0 Å². The molecule has 0 amide bonds. The van der Waals surface area contributed by atoms with Gasteiger partial charge in [0.25, 0.3) is 0 Å². The maximum atomic E-state index is 13.1. The molecule has 3 rings (SSSR count). The lowest BCUT2D eigenvalue weighted by atomic mass is 10.2. The molecule has 102 valence electrons. The van der Waals surface area contributed by atoms with Gasteiger partial charge in [-0.2, -0.15) is 0 Å². The summed E-state index contributed by atoms with van der Waals surface area (Å²) in [6, 6.07) is 12.1. The van der Waals surface area contributed by atoms with Crippen LogP contribution in [0.5, 0.6) is 0 Å². The molecule has 0 aliphatic heterocycles. The lowest BCUT2D eigenvalue weighted by Gasteiger charge is -2.09. The minimum absolute atomic E-state index is 0.242. The van der Waals surface area contributed by atoms with Crippen LogP contribution in [0, 0.1) is 5.82 Å². The zero-order valence-corrected chi connectivity index (χ0v) is 11.8. The van der Waals surface area contributed by atoms with Crippen molar-refractivity contribution >= 4 is 39.9 Å². The molecule has 0 atom stereocenters. The van der Waals surface area contributed by atoms with Crippen molar-refractivity contribution in [3.05, 3.63) is 64.1 Å². The summed E-state index contributed by atoms with van der Waals surface area (Å²) in [4.78, 5) is 0. The van der Waals surface area contributed by atoms with E-state index in [0.717, 1.165) is 16.7 Å². The van der Waals surface area contributed by atoms with Gasteiger partial charge in [-0.25, -0.2) is 4.39 Å². The molecule has 5 heteroatoms. The van der Waals surface area contributed by atoms with Gasteiger partial charge >= 0.3 is 0 Å². The molecule has 3 aromatic rings. The zero-order valence-electron chi connectivity index (χ0n) is 10.3. The number of rotatable bonds is 3. The van der Waals surface area contributed by atoms with Crippen LogP contribution in [0.2, 0.25) is 10.0 Å². The van der Waals surface area contributed by atoms with E-state index in [1.807, 2.05) is 30.3 Å². The largest absolute Gasteiger partial charge is 0.459 e. The lowest BCUT2D eigenvalue weighted by Crippen LogP contribution is -2.00. The Hall–Kier alpha value is -1.71. The van der Waals surface area contributed by atoms with Gasteiger partial charge in [0, 0.05) is 5.39 Å². The normalized spacial score (nSPS) is 10.9. The third-order valence-electron chi connectivity index (χ3n) is 2.92. The molecule has 0 radical (unpaired) electrons. The molecule has 1 heterocycles. The smallest absolute Gasteiger partial charge is 0.134 e. The van der Waals surface area contributed by atoms with Gasteiger partial charge in [-0.3, -0.25) is 0 Å². The Labute approximate surface area is 125 Å². The Bertz CT molecular complexity index is 713. The van der Waals surface area contributed by atoms with E-state index in [1.54, 1.807) is 0 Å². The van der Waals surface area contributed by atoms with E-state index < -0.39 is 5.82 Å². The third kappa shape index (κ3) is 2.60. The number of hydrogen-bond donors (Lipinski definition) is 1. The summed E-state index contributed by atoms with van der Waals surface area (Å²) in [5.41, 5.74) is 1.32. The molecule has 0 bridgehead atoms. The van der Waals surface area contributed by atoms with Crippen LogP contribution in [-0.2, 0) is 6.54 Å². The molecule has 2 nitrogen and oxygen atoms in total. The number of hydrogen-bond acceptors (Lipinski definition) is 2. The molecule has 0 saturated heterocycles. The van der Waals surface area contributed by atoms with Crippen LogP contribution < -0.4 is 5.32 Å². The van der Waals surface area contributed by atoms with Crippen molar-refractivity contribution in [1.29, 1.82) is 0 Å². The van der Waals surface area contributed by atoms with Crippen molar-refractivity contribution < 1.29 is 8.81 Å². The quantitative estimate of drug-likeness (QED) is 0.692. The first-order valence-electron chi connectivity index (χ1n) is 5.99. The molecule has 2 aromatic carbocycles. The van der Waals surface area contributed by atoms with Crippen molar-refractivity contribution in [2.75, 3.05) is 5.32 Å². The number of halogens is 3. The average molecular weight is 310 g/mol. The molecule has 0 unspecified atom stereocenters. The Morgan fingerprint density at radius 1 is 1.05 bits per heavy atom. The van der Waals surface area contributed by atoms with E-state index in [-0.39, 0.29) is 10.0 Å². The van der Waals surface area contributed by atoms with Crippen molar-refractivity contribution in [2.45, 2.75) is 6.54 Å². The predicted molar refractivity (Wildman–Crippen MR) is 80.0 cm³/mol. The number of fused-ring (bicyclic) bond motifs is 1. The number of para-hydroxylation sites is 1. The van der Waals surface area contributed by atoms with E-state index in [9.17, 15) is 4.39 Å². The van der Waals surface area contributed by atoms with Crippen LogP contribution in [0.15, 0.2) is 46.9 Å². The molecule has 0 saturated carbocycles. The van der Waals surface area contributed by atoms with E-state index in [1.165, 1.54) is 12.1 Å². The molecule has 0 spiro atoms. The minimum atomic E-state index is -0.464. The van der Waals surface area contributed by atoms with E-state index in [2.05, 4.69) is 5.32 Å². The van der Waals surface area contributed by atoms with E-state index in [4.69, 9.17) is 27.6 Å². The molecule has 1 aromatic heterocycles. The summed E-state index contributed by atoms with van der Waals surface area (Å²) in [5, 5.41) is 4.57. The van der Waals surface area contributed by atoms with Gasteiger partial charge in [-0.1, -0.05) is 41.4 Å². The number of furan rings is 1. The third-order valence-corrected chi connectivity index (χ3v) is 3.52. The highest BCUT2D eigenvalue weighted by Gasteiger charge is 2.09. The fraction of sp³-hybridized carbons (Fsp3) is 0.0667. The van der Waals surface area contributed by atoms with Gasteiger partial charge in [0.05, 0.1) is 22.3 Å². The summed E-state index contributed by atoms with van der Waals surface area (Å²) in [5.74, 6) is 0.289. The molecule has 0 aliphatic rings. The summed E-state index contributed by atoms with van der Waals surface area (Å²) >= 11 is 11.9. The highest BCUT2D eigenvalue weighted by molar-refractivity contribution is 6.39. The molecular formula is C15H10Cl2FNO. The second-order valence-corrected chi connectivity index (χ2v) is 5.16. The fourth-order valence-electron chi connectivity index (χ4n) is 2.01. The Morgan fingerprint density at radius 2 is 1.75 bits per heavy atom. The standard InChI is InChI=1S/C15H10Cl2FNO/c16-12-6-10(18)7-13(17)15(12)19-8-11-5-9-3-1-2-4-14(9)20-11/h1-7,19H,8H2. The lowest BCUT2D eigenvalue weighted by molar-refractivity contribution is 0.559. The van der Waals surface area contributed by atoms with Crippen LogP contribution in [0.25, 0.3) is 11.0 Å². The summed E-state index contributed by atoms with van der Waals surface area (Å²) in [6.45, 7) is 0.416. The minimum Gasteiger partial charge on any atom is -0.459 e. The fourth-order valence-corrected chi connectivity index (χ4v) is 2.60. The van der Waals surface area contributed by atoms with Crippen LogP contribution in [-0.4, -0.2) is 0 Å². The second-order valence-electron chi connectivity index (χ2n) is 4.35. The molecule has 20 heavy (non-hydrogen) atoms. The highest BCUT2D eigenvalue weighted by Crippen LogP contribution is 2.32. The first-order chi connectivity index (χ1) is 9.63. The van der Waals surface area contributed by atoms with Gasteiger partial charge in [0.2, 0.25) is 0 Å². The van der Waals surface area contributed by atoms with Crippen molar-refractivity contribution in [3.8, 4) is 0 Å². The van der Waals surface area contributed by atoms with Crippen LogP contribution in [0.3, 0.4) is 0 Å². The number of nitrogens with one attached hydrogen (secondary N) is 1. The average Bonchev–Trinajstić information content (AvgIpc) is 2.80. The van der Waals surface area contributed by atoms with Crippen molar-refractivity contribution in [2.24, 2.45) is 0 Å². The van der Waals surface area contributed by atoms with Gasteiger partial charge in [0.1, 0.15) is 17.2 Å². The van der Waals surface area contributed by atoms with Crippen LogP contribution in [0.4, 0.5) is 10.1 Å². The Kier molecular flexibility index (Phi) is 3.55. The van der Waals surface area contributed by atoms with Gasteiger partial charge < -0.3 is 9.73 Å². The Morgan fingerprint density at radius 3 is 2.45 bits per heavy atom. The van der Waals surface area contributed by atoms with E-state index in [0.29, 0.717) is 12.2 Å². The maximum Gasteiger partial charge on any atom is 0.134 e. The summed E-state index contributed by atoms with van der Waals surface area (Å²) in [6.07, 6.45) is 0. The van der Waals surface area contributed by atoms with Crippen LogP contribution >= 0.6 is 23.2 Å². The maximum absolute atomic E-state index is 13.1.